The Morgan fingerprint density at radius 1 is 1.09 bits per heavy atom. The quantitative estimate of drug-likeness (QED) is 0.515. The van der Waals surface area contributed by atoms with Crippen molar-refractivity contribution in [2.24, 2.45) is 4.99 Å². The minimum Gasteiger partial charge on any atom is -0.303 e. The molecule has 2 aromatic carbocycles. The molecule has 0 unspecified atom stereocenters. The van der Waals surface area contributed by atoms with Crippen molar-refractivity contribution < 1.29 is 13.2 Å². The summed E-state index contributed by atoms with van der Waals surface area (Å²) in [4.78, 5) is 17.7. The summed E-state index contributed by atoms with van der Waals surface area (Å²) >= 11 is 7.65. The van der Waals surface area contributed by atoms with Gasteiger partial charge in [0.15, 0.2) is 4.80 Å². The zero-order valence-corrected chi connectivity index (χ0v) is 19.7. The molecule has 9 heteroatoms. The van der Waals surface area contributed by atoms with E-state index in [4.69, 9.17) is 18.0 Å². The maximum absolute atomic E-state index is 12.9. The lowest BCUT2D eigenvalue weighted by molar-refractivity contribution is 0.0998. The molecule has 0 N–H and O–H groups in total. The van der Waals surface area contributed by atoms with E-state index >= 15 is 0 Å². The average Bonchev–Trinajstić information content (AvgIpc) is 2.94. The fourth-order valence-corrected chi connectivity index (χ4v) is 6.67. The molecule has 0 bridgehead atoms. The number of carbonyl (C=O) groups excluding carboxylic acids is 1. The lowest BCUT2D eigenvalue weighted by Gasteiger charge is -2.19. The third-order valence-electron chi connectivity index (χ3n) is 5.40. The van der Waals surface area contributed by atoms with Crippen molar-refractivity contribution in [2.75, 3.05) is 13.1 Å². The Morgan fingerprint density at radius 3 is 2.44 bits per heavy atom. The van der Waals surface area contributed by atoms with Crippen LogP contribution in [-0.4, -0.2) is 36.3 Å². The number of hydrogen-bond acceptors (Lipinski definition) is 4. The number of hydrogen-bond donors (Lipinski definition) is 0. The molecule has 0 saturated carbocycles. The number of amides is 1. The molecular formula is C23H22ClN3O3S2. The van der Waals surface area contributed by atoms with E-state index in [9.17, 15) is 13.2 Å². The first-order valence-corrected chi connectivity index (χ1v) is 13.0. The van der Waals surface area contributed by atoms with Crippen molar-refractivity contribution in [3.63, 3.8) is 0 Å². The summed E-state index contributed by atoms with van der Waals surface area (Å²) < 4.78 is 30.0. The second-order valence-electron chi connectivity index (χ2n) is 7.52. The van der Waals surface area contributed by atoms with E-state index in [1.54, 1.807) is 10.6 Å². The van der Waals surface area contributed by atoms with Gasteiger partial charge in [0.05, 0.1) is 26.7 Å². The molecule has 0 aliphatic carbocycles. The molecule has 1 fully saturated rings. The molecule has 1 aliphatic rings. The van der Waals surface area contributed by atoms with E-state index in [1.807, 2.05) is 12.1 Å². The molecule has 3 aromatic rings. The van der Waals surface area contributed by atoms with Gasteiger partial charge >= 0.3 is 0 Å². The number of fused-ring (bicyclic) bond motifs is 1. The number of terminal acetylenes is 1. The molecule has 0 radical (unpaired) electrons. The van der Waals surface area contributed by atoms with Crippen LogP contribution >= 0.6 is 22.9 Å². The first kappa shape index (κ1) is 22.7. The molecule has 1 amide bonds. The van der Waals surface area contributed by atoms with Crippen LogP contribution in [0.1, 0.15) is 36.0 Å². The van der Waals surface area contributed by atoms with Crippen LogP contribution < -0.4 is 4.80 Å². The zero-order valence-electron chi connectivity index (χ0n) is 17.3. The van der Waals surface area contributed by atoms with Crippen molar-refractivity contribution in [2.45, 2.75) is 37.1 Å². The van der Waals surface area contributed by atoms with Gasteiger partial charge in [0.1, 0.15) is 0 Å². The number of rotatable bonds is 4. The Balaban J connectivity index is 1.65. The lowest BCUT2D eigenvalue weighted by Crippen LogP contribution is -2.31. The minimum absolute atomic E-state index is 0.187. The summed E-state index contributed by atoms with van der Waals surface area (Å²) in [6.45, 7) is 1.28. The Bertz CT molecular complexity index is 1360. The highest BCUT2D eigenvalue weighted by Gasteiger charge is 2.25. The number of nitrogens with zero attached hydrogens (tertiary/aromatic N) is 3. The van der Waals surface area contributed by atoms with Crippen LogP contribution in [0.3, 0.4) is 0 Å². The standard InChI is InChI=1S/C23H22ClN3O3S2/c1-2-14-27-21-19(24)8-7-9-20(21)31-23(27)25-22(28)17-10-12-18(13-11-17)32(29,30)26-15-5-3-4-6-16-26/h1,7-13H,3-6,14-16H2. The van der Waals surface area contributed by atoms with E-state index in [0.717, 1.165) is 35.9 Å². The molecule has 1 aromatic heterocycles. The summed E-state index contributed by atoms with van der Waals surface area (Å²) in [5.74, 6) is 2.10. The van der Waals surface area contributed by atoms with Crippen LogP contribution in [0.5, 0.6) is 0 Å². The largest absolute Gasteiger partial charge is 0.303 e. The number of sulfonamides is 1. The van der Waals surface area contributed by atoms with Crippen molar-refractivity contribution in [3.8, 4) is 12.3 Å². The molecule has 0 atom stereocenters. The van der Waals surface area contributed by atoms with Crippen molar-refractivity contribution in [1.29, 1.82) is 0 Å². The van der Waals surface area contributed by atoms with E-state index < -0.39 is 15.9 Å². The monoisotopic (exact) mass is 487 g/mol. The van der Waals surface area contributed by atoms with Gasteiger partial charge in [0.2, 0.25) is 10.0 Å². The number of thiazole rings is 1. The molecular weight excluding hydrogens is 466 g/mol. The summed E-state index contributed by atoms with van der Waals surface area (Å²) in [5, 5.41) is 0.533. The Labute approximate surface area is 196 Å². The fraction of sp³-hybridized carbons (Fsp3) is 0.304. The highest BCUT2D eigenvalue weighted by molar-refractivity contribution is 7.89. The summed E-state index contributed by atoms with van der Waals surface area (Å²) in [7, 11) is -3.57. The van der Waals surface area contributed by atoms with E-state index in [-0.39, 0.29) is 11.4 Å². The van der Waals surface area contributed by atoms with Crippen LogP contribution in [0.2, 0.25) is 5.02 Å². The predicted molar refractivity (Wildman–Crippen MR) is 127 cm³/mol. The van der Waals surface area contributed by atoms with Gasteiger partial charge in [-0.1, -0.05) is 47.8 Å². The maximum Gasteiger partial charge on any atom is 0.279 e. The summed E-state index contributed by atoms with van der Waals surface area (Å²) in [6, 6.07) is 11.4. The van der Waals surface area contributed by atoms with Crippen LogP contribution in [0.4, 0.5) is 0 Å². The van der Waals surface area contributed by atoms with E-state index in [1.165, 1.54) is 39.9 Å². The normalized spacial score (nSPS) is 16.1. The van der Waals surface area contributed by atoms with Gasteiger partial charge in [-0.3, -0.25) is 4.79 Å². The molecule has 6 nitrogen and oxygen atoms in total. The van der Waals surface area contributed by atoms with Crippen LogP contribution in [0.25, 0.3) is 10.2 Å². The van der Waals surface area contributed by atoms with Gasteiger partial charge in [-0.15, -0.1) is 6.42 Å². The van der Waals surface area contributed by atoms with E-state index in [0.29, 0.717) is 28.5 Å². The van der Waals surface area contributed by atoms with Gasteiger partial charge < -0.3 is 4.57 Å². The second-order valence-corrected chi connectivity index (χ2v) is 10.9. The number of benzene rings is 2. The van der Waals surface area contributed by atoms with Crippen LogP contribution in [0.15, 0.2) is 52.4 Å². The third kappa shape index (κ3) is 4.52. The van der Waals surface area contributed by atoms with Crippen molar-refractivity contribution in [1.82, 2.24) is 8.87 Å². The zero-order chi connectivity index (χ0) is 22.7. The SMILES string of the molecule is C#CCn1c(=NC(=O)c2ccc(S(=O)(=O)N3CCCCCC3)cc2)sc2cccc(Cl)c21. The number of para-hydroxylation sites is 1. The van der Waals surface area contributed by atoms with E-state index in [2.05, 4.69) is 10.9 Å². The van der Waals surface area contributed by atoms with Crippen molar-refractivity contribution >= 4 is 49.1 Å². The summed E-state index contributed by atoms with van der Waals surface area (Å²) in [6.07, 6.45) is 9.33. The molecule has 32 heavy (non-hydrogen) atoms. The smallest absolute Gasteiger partial charge is 0.279 e. The van der Waals surface area contributed by atoms with Gasteiger partial charge in [0.25, 0.3) is 5.91 Å². The topological polar surface area (TPSA) is 71.7 Å². The maximum atomic E-state index is 12.9. The highest BCUT2D eigenvalue weighted by Crippen LogP contribution is 2.25. The molecule has 4 rings (SSSR count). The summed E-state index contributed by atoms with van der Waals surface area (Å²) in [5.41, 5.74) is 1.04. The Morgan fingerprint density at radius 2 is 1.78 bits per heavy atom. The number of aromatic nitrogens is 1. The molecule has 0 spiro atoms. The second kappa shape index (κ2) is 9.59. The fourth-order valence-electron chi connectivity index (χ4n) is 3.76. The number of halogens is 1. The first-order valence-electron chi connectivity index (χ1n) is 10.3. The average molecular weight is 488 g/mol. The Kier molecular flexibility index (Phi) is 6.82. The number of carbonyl (C=O) groups is 1. The lowest BCUT2D eigenvalue weighted by atomic mass is 10.2. The predicted octanol–water partition coefficient (Wildman–Crippen LogP) is 4.30. The highest BCUT2D eigenvalue weighted by atomic mass is 35.5. The molecule has 2 heterocycles. The van der Waals surface area contributed by atoms with Gasteiger partial charge in [-0.2, -0.15) is 9.30 Å². The molecule has 1 saturated heterocycles. The molecule has 166 valence electrons. The van der Waals surface area contributed by atoms with Crippen molar-refractivity contribution in [3.05, 3.63) is 57.9 Å². The first-order chi connectivity index (χ1) is 15.4. The molecule has 1 aliphatic heterocycles. The Hall–Kier alpha value is -2.44. The third-order valence-corrected chi connectivity index (χ3v) is 8.66. The minimum atomic E-state index is -3.57. The van der Waals surface area contributed by atoms with Crippen LogP contribution in [-0.2, 0) is 16.6 Å². The van der Waals surface area contributed by atoms with Crippen LogP contribution in [0, 0.1) is 12.3 Å². The van der Waals surface area contributed by atoms with Gasteiger partial charge in [-0.05, 0) is 49.2 Å². The van der Waals surface area contributed by atoms with Gasteiger partial charge in [-0.25, -0.2) is 8.42 Å². The van der Waals surface area contributed by atoms with Gasteiger partial charge in [0, 0.05) is 18.7 Å².